The van der Waals surface area contributed by atoms with Crippen molar-refractivity contribution in [1.29, 1.82) is 0 Å². The van der Waals surface area contributed by atoms with Gasteiger partial charge in [0.05, 0.1) is 0 Å². The summed E-state index contributed by atoms with van der Waals surface area (Å²) in [5.41, 5.74) is 0. The summed E-state index contributed by atoms with van der Waals surface area (Å²) in [6, 6.07) is 0. The predicted octanol–water partition coefficient (Wildman–Crippen LogP) is 1.78. The molecule has 0 bridgehead atoms. The first-order chi connectivity index (χ1) is 3.93. The van der Waals surface area contributed by atoms with E-state index in [4.69, 9.17) is 4.74 Å². The van der Waals surface area contributed by atoms with E-state index in [2.05, 4.69) is 0 Å². The molecule has 0 heterocycles. The second-order valence-electron chi connectivity index (χ2n) is 2.35. The third-order valence-electron chi connectivity index (χ3n) is 1.72. The summed E-state index contributed by atoms with van der Waals surface area (Å²) in [5.74, 6) is 1.70. The van der Waals surface area contributed by atoms with Gasteiger partial charge >= 0.3 is 0 Å². The molecule has 0 aromatic rings. The Morgan fingerprint density at radius 2 is 2.25 bits per heavy atom. The molecule has 0 spiro atoms. The molecule has 1 heteroatoms. The molecule has 0 saturated heterocycles. The molecule has 8 heavy (non-hydrogen) atoms. The monoisotopic (exact) mass is 113 g/mol. The minimum Gasteiger partial charge on any atom is -0.385 e. The van der Waals surface area contributed by atoms with Crippen LogP contribution >= 0.6 is 0 Å². The minimum absolute atomic E-state index is 0.926. The van der Waals surface area contributed by atoms with E-state index in [-0.39, 0.29) is 0 Å². The Morgan fingerprint density at radius 1 is 1.50 bits per heavy atom. The lowest BCUT2D eigenvalue weighted by atomic mass is 9.83. The summed E-state index contributed by atoms with van der Waals surface area (Å²) in [6.45, 7) is 0.926. The summed E-state index contributed by atoms with van der Waals surface area (Å²) >= 11 is 0. The van der Waals surface area contributed by atoms with Crippen LogP contribution in [0.3, 0.4) is 0 Å². The number of methoxy groups -OCH3 is 1. The highest BCUT2D eigenvalue weighted by atomic mass is 16.5. The van der Waals surface area contributed by atoms with E-state index in [0.29, 0.717) is 0 Å². The van der Waals surface area contributed by atoms with Gasteiger partial charge in [0.2, 0.25) is 0 Å². The zero-order valence-corrected chi connectivity index (χ0v) is 5.44. The van der Waals surface area contributed by atoms with Crippen LogP contribution in [0.5, 0.6) is 0 Å². The first-order valence-electron chi connectivity index (χ1n) is 3.26. The zero-order chi connectivity index (χ0) is 5.82. The standard InChI is InChI=1S/C7H13O/c1-8-6-5-7-3-2-4-7/h2-6H2,1H3. The highest BCUT2D eigenvalue weighted by molar-refractivity contribution is 4.97. The van der Waals surface area contributed by atoms with Gasteiger partial charge < -0.3 is 4.74 Å². The number of hydrogen-bond acceptors (Lipinski definition) is 1. The molecular weight excluding hydrogens is 100 g/mol. The second-order valence-corrected chi connectivity index (χ2v) is 2.35. The molecule has 1 rings (SSSR count). The Morgan fingerprint density at radius 3 is 2.62 bits per heavy atom. The summed E-state index contributed by atoms with van der Waals surface area (Å²) in [6.07, 6.45) is 5.35. The molecule has 0 amide bonds. The van der Waals surface area contributed by atoms with Crippen molar-refractivity contribution in [2.45, 2.75) is 25.7 Å². The fourth-order valence-electron chi connectivity index (χ4n) is 0.923. The topological polar surface area (TPSA) is 9.23 Å². The maximum Gasteiger partial charge on any atom is 0.0467 e. The van der Waals surface area contributed by atoms with Gasteiger partial charge in [-0.1, -0.05) is 6.42 Å². The van der Waals surface area contributed by atoms with Crippen molar-refractivity contribution < 1.29 is 4.74 Å². The highest BCUT2D eigenvalue weighted by Crippen LogP contribution is 2.31. The van der Waals surface area contributed by atoms with Crippen LogP contribution in [0.1, 0.15) is 25.7 Å². The van der Waals surface area contributed by atoms with Crippen LogP contribution in [0.2, 0.25) is 0 Å². The molecule has 0 aromatic carbocycles. The van der Waals surface area contributed by atoms with Crippen LogP contribution in [0.4, 0.5) is 0 Å². The molecule has 1 aliphatic rings. The van der Waals surface area contributed by atoms with Crippen LogP contribution in [-0.4, -0.2) is 13.7 Å². The van der Waals surface area contributed by atoms with Crippen molar-refractivity contribution in [3.63, 3.8) is 0 Å². The van der Waals surface area contributed by atoms with E-state index in [0.717, 1.165) is 6.61 Å². The molecule has 1 saturated carbocycles. The van der Waals surface area contributed by atoms with Crippen molar-refractivity contribution >= 4 is 0 Å². The second kappa shape index (κ2) is 3.08. The van der Waals surface area contributed by atoms with Crippen LogP contribution < -0.4 is 0 Å². The van der Waals surface area contributed by atoms with E-state index in [1.165, 1.54) is 25.7 Å². The average molecular weight is 113 g/mol. The lowest BCUT2D eigenvalue weighted by molar-refractivity contribution is 0.190. The smallest absolute Gasteiger partial charge is 0.0467 e. The molecular formula is C7H13O. The Bertz CT molecular complexity index is 57.4. The van der Waals surface area contributed by atoms with Gasteiger partial charge in [-0.2, -0.15) is 0 Å². The lowest BCUT2D eigenvalue weighted by Gasteiger charge is -2.23. The molecule has 47 valence electrons. The van der Waals surface area contributed by atoms with Gasteiger partial charge in [0.15, 0.2) is 0 Å². The number of hydrogen-bond donors (Lipinski definition) is 0. The normalized spacial score (nSPS) is 20.6. The van der Waals surface area contributed by atoms with Gasteiger partial charge in [-0.3, -0.25) is 0 Å². The Labute approximate surface area is 51.0 Å². The SMILES string of the molecule is COCC[C]1CCC1. The predicted molar refractivity (Wildman–Crippen MR) is 33.6 cm³/mol. The van der Waals surface area contributed by atoms with Crippen molar-refractivity contribution in [2.75, 3.05) is 13.7 Å². The van der Waals surface area contributed by atoms with Gasteiger partial charge in [-0.25, -0.2) is 0 Å². The summed E-state index contributed by atoms with van der Waals surface area (Å²) in [5, 5.41) is 0. The molecule has 1 nitrogen and oxygen atoms in total. The molecule has 1 radical (unpaired) electrons. The van der Waals surface area contributed by atoms with E-state index in [9.17, 15) is 0 Å². The summed E-state index contributed by atoms with van der Waals surface area (Å²) in [7, 11) is 1.76. The first-order valence-corrected chi connectivity index (χ1v) is 3.26. The Kier molecular flexibility index (Phi) is 2.34. The van der Waals surface area contributed by atoms with E-state index >= 15 is 0 Å². The van der Waals surface area contributed by atoms with Crippen molar-refractivity contribution in [2.24, 2.45) is 0 Å². The largest absolute Gasteiger partial charge is 0.385 e. The quantitative estimate of drug-likeness (QED) is 0.542. The molecule has 0 aromatic heterocycles. The maximum atomic E-state index is 4.93. The van der Waals surface area contributed by atoms with Gasteiger partial charge in [0.1, 0.15) is 0 Å². The fraction of sp³-hybridized carbons (Fsp3) is 0.857. The van der Waals surface area contributed by atoms with Crippen LogP contribution in [-0.2, 0) is 4.74 Å². The van der Waals surface area contributed by atoms with Crippen LogP contribution in [0, 0.1) is 5.92 Å². The Hall–Kier alpha value is -0.0400. The molecule has 0 unspecified atom stereocenters. The molecule has 1 aliphatic carbocycles. The van der Waals surface area contributed by atoms with E-state index < -0.39 is 0 Å². The minimum atomic E-state index is 0.926. The number of rotatable bonds is 3. The van der Waals surface area contributed by atoms with Gasteiger partial charge in [0, 0.05) is 13.7 Å². The lowest BCUT2D eigenvalue weighted by Crippen LogP contribution is -2.10. The van der Waals surface area contributed by atoms with E-state index in [1.807, 2.05) is 0 Å². The van der Waals surface area contributed by atoms with Crippen LogP contribution in [0.25, 0.3) is 0 Å². The van der Waals surface area contributed by atoms with E-state index in [1.54, 1.807) is 13.0 Å². The van der Waals surface area contributed by atoms with Gasteiger partial charge in [-0.15, -0.1) is 0 Å². The first kappa shape index (κ1) is 6.09. The highest BCUT2D eigenvalue weighted by Gasteiger charge is 2.16. The third kappa shape index (κ3) is 1.48. The third-order valence-corrected chi connectivity index (χ3v) is 1.72. The fourth-order valence-corrected chi connectivity index (χ4v) is 0.923. The number of ether oxygens (including phenoxy) is 1. The Balaban J connectivity index is 1.86. The van der Waals surface area contributed by atoms with Crippen molar-refractivity contribution in [3.05, 3.63) is 5.92 Å². The van der Waals surface area contributed by atoms with Crippen LogP contribution in [0.15, 0.2) is 0 Å². The van der Waals surface area contributed by atoms with Crippen molar-refractivity contribution in [3.8, 4) is 0 Å². The molecule has 1 fully saturated rings. The zero-order valence-electron chi connectivity index (χ0n) is 5.44. The van der Waals surface area contributed by atoms with Gasteiger partial charge in [0.25, 0.3) is 0 Å². The maximum absolute atomic E-state index is 4.93. The summed E-state index contributed by atoms with van der Waals surface area (Å²) < 4.78 is 4.93. The summed E-state index contributed by atoms with van der Waals surface area (Å²) in [4.78, 5) is 0. The average Bonchev–Trinajstić information content (AvgIpc) is 1.63. The van der Waals surface area contributed by atoms with Gasteiger partial charge in [-0.05, 0) is 25.2 Å². The van der Waals surface area contributed by atoms with Crippen molar-refractivity contribution in [1.82, 2.24) is 0 Å². The molecule has 0 N–H and O–H groups in total. The molecule has 0 atom stereocenters. The molecule has 0 aliphatic heterocycles.